The van der Waals surface area contributed by atoms with Gasteiger partial charge in [0.25, 0.3) is 5.91 Å². The molecule has 2 atom stereocenters. The standard InChI is InChI=1S/C25H28F3N3O3/c1-4-33-15-24-7-8-30(20-6-5-18(11-29)22(10-20)25(26,27)28)12-19(24)13-31(14-24)23(32)21-9-16(2)34-17(21)3/h5-6,9-10,19H,4,7-8,12-15H2,1-3H3. The number of likely N-dealkylation sites (tertiary alicyclic amines) is 1. The summed E-state index contributed by atoms with van der Waals surface area (Å²) in [4.78, 5) is 17.0. The Morgan fingerprint density at radius 2 is 2.06 bits per heavy atom. The summed E-state index contributed by atoms with van der Waals surface area (Å²) >= 11 is 0. The van der Waals surface area contributed by atoms with E-state index in [0.717, 1.165) is 6.07 Å². The first-order valence-corrected chi connectivity index (χ1v) is 11.4. The van der Waals surface area contributed by atoms with Gasteiger partial charge in [-0.3, -0.25) is 4.79 Å². The highest BCUT2D eigenvalue weighted by Crippen LogP contribution is 2.45. The lowest BCUT2D eigenvalue weighted by Gasteiger charge is -2.44. The highest BCUT2D eigenvalue weighted by atomic mass is 19.4. The fraction of sp³-hybridized carbons (Fsp3) is 0.520. The molecule has 0 spiro atoms. The van der Waals surface area contributed by atoms with Gasteiger partial charge in [-0.2, -0.15) is 18.4 Å². The van der Waals surface area contributed by atoms with E-state index in [9.17, 15) is 18.0 Å². The minimum absolute atomic E-state index is 0.0371. The number of amides is 1. The van der Waals surface area contributed by atoms with Crippen LogP contribution in [0.25, 0.3) is 0 Å². The van der Waals surface area contributed by atoms with Gasteiger partial charge in [0.15, 0.2) is 0 Å². The van der Waals surface area contributed by atoms with E-state index in [4.69, 9.17) is 14.4 Å². The third kappa shape index (κ3) is 4.39. The SMILES string of the molecule is CCOCC12CCN(c3ccc(C#N)c(C(F)(F)F)c3)CC1CN(C(=O)c1cc(C)oc1C)C2. The predicted octanol–water partition coefficient (Wildman–Crippen LogP) is 4.79. The Balaban J connectivity index is 1.60. The number of aryl methyl sites for hydroxylation is 2. The largest absolute Gasteiger partial charge is 0.466 e. The van der Waals surface area contributed by atoms with Crippen LogP contribution in [-0.2, 0) is 10.9 Å². The number of alkyl halides is 3. The number of benzene rings is 1. The van der Waals surface area contributed by atoms with Crippen LogP contribution < -0.4 is 4.90 Å². The first-order valence-electron chi connectivity index (χ1n) is 11.4. The molecular weight excluding hydrogens is 447 g/mol. The van der Waals surface area contributed by atoms with Crippen molar-refractivity contribution in [1.82, 2.24) is 4.90 Å². The summed E-state index contributed by atoms with van der Waals surface area (Å²) in [6.07, 6.45) is -3.92. The molecule has 0 N–H and O–H groups in total. The van der Waals surface area contributed by atoms with Gasteiger partial charge in [-0.25, -0.2) is 0 Å². The number of nitrogens with zero attached hydrogens (tertiary/aromatic N) is 3. The molecule has 1 aromatic heterocycles. The van der Waals surface area contributed by atoms with Crippen molar-refractivity contribution in [2.75, 3.05) is 44.3 Å². The van der Waals surface area contributed by atoms with Gasteiger partial charge in [-0.1, -0.05) is 0 Å². The van der Waals surface area contributed by atoms with Crippen LogP contribution in [0.15, 0.2) is 28.7 Å². The normalized spacial score (nSPS) is 22.6. The van der Waals surface area contributed by atoms with E-state index in [0.29, 0.717) is 68.6 Å². The zero-order valence-corrected chi connectivity index (χ0v) is 19.5. The molecule has 1 aromatic carbocycles. The van der Waals surface area contributed by atoms with Crippen LogP contribution >= 0.6 is 0 Å². The van der Waals surface area contributed by atoms with Crippen molar-refractivity contribution in [1.29, 1.82) is 5.26 Å². The summed E-state index contributed by atoms with van der Waals surface area (Å²) in [6, 6.07) is 7.24. The number of hydrogen-bond donors (Lipinski definition) is 0. The van der Waals surface area contributed by atoms with Gasteiger partial charge in [0.05, 0.1) is 29.4 Å². The maximum atomic E-state index is 13.5. The highest BCUT2D eigenvalue weighted by molar-refractivity contribution is 5.95. The Morgan fingerprint density at radius 3 is 2.68 bits per heavy atom. The molecule has 1 amide bonds. The number of nitriles is 1. The third-order valence-electron chi connectivity index (χ3n) is 7.08. The molecule has 3 heterocycles. The van der Waals surface area contributed by atoms with Gasteiger partial charge < -0.3 is 19.0 Å². The molecule has 2 saturated heterocycles. The lowest BCUT2D eigenvalue weighted by Crippen LogP contribution is -2.49. The maximum absolute atomic E-state index is 13.5. The van der Waals surface area contributed by atoms with Crippen molar-refractivity contribution in [2.24, 2.45) is 11.3 Å². The van der Waals surface area contributed by atoms with Gasteiger partial charge >= 0.3 is 6.18 Å². The van der Waals surface area contributed by atoms with Crippen molar-refractivity contribution >= 4 is 11.6 Å². The fourth-order valence-electron chi connectivity index (χ4n) is 5.29. The molecule has 34 heavy (non-hydrogen) atoms. The first-order chi connectivity index (χ1) is 16.1. The molecule has 182 valence electrons. The molecule has 2 aliphatic rings. The molecule has 0 saturated carbocycles. The number of fused-ring (bicyclic) bond motifs is 1. The first kappa shape index (κ1) is 24.1. The van der Waals surface area contributed by atoms with E-state index >= 15 is 0 Å². The van der Waals surface area contributed by atoms with Crippen LogP contribution in [0.3, 0.4) is 0 Å². The van der Waals surface area contributed by atoms with Crippen molar-refractivity contribution in [2.45, 2.75) is 33.4 Å². The van der Waals surface area contributed by atoms with Crippen molar-refractivity contribution in [3.8, 4) is 6.07 Å². The van der Waals surface area contributed by atoms with E-state index in [2.05, 4.69) is 0 Å². The Kier molecular flexibility index (Phi) is 6.38. The molecule has 2 fully saturated rings. The number of carbonyl (C=O) groups excluding carboxylic acids is 1. The minimum Gasteiger partial charge on any atom is -0.466 e. The Labute approximate surface area is 196 Å². The number of halogens is 3. The highest BCUT2D eigenvalue weighted by Gasteiger charge is 2.51. The summed E-state index contributed by atoms with van der Waals surface area (Å²) in [5.74, 6) is 1.20. The molecule has 0 bridgehead atoms. The maximum Gasteiger partial charge on any atom is 0.417 e. The number of piperidine rings is 1. The summed E-state index contributed by atoms with van der Waals surface area (Å²) in [7, 11) is 0. The molecule has 9 heteroatoms. The second-order valence-electron chi connectivity index (χ2n) is 9.24. The van der Waals surface area contributed by atoms with Gasteiger partial charge in [-0.15, -0.1) is 0 Å². The number of furan rings is 1. The van der Waals surface area contributed by atoms with E-state index in [-0.39, 0.29) is 22.8 Å². The summed E-state index contributed by atoms with van der Waals surface area (Å²) in [6.45, 7) is 8.61. The smallest absolute Gasteiger partial charge is 0.417 e. The molecule has 6 nitrogen and oxygen atoms in total. The Morgan fingerprint density at radius 1 is 1.29 bits per heavy atom. The zero-order valence-electron chi connectivity index (χ0n) is 19.5. The van der Waals surface area contributed by atoms with E-state index < -0.39 is 11.7 Å². The average molecular weight is 476 g/mol. The van der Waals surface area contributed by atoms with Gasteiger partial charge in [0.2, 0.25) is 0 Å². The monoisotopic (exact) mass is 475 g/mol. The van der Waals surface area contributed by atoms with Crippen LogP contribution in [0.4, 0.5) is 18.9 Å². The van der Waals surface area contributed by atoms with Crippen LogP contribution in [0.2, 0.25) is 0 Å². The number of anilines is 1. The second kappa shape index (κ2) is 8.99. The number of carbonyl (C=O) groups is 1. The predicted molar refractivity (Wildman–Crippen MR) is 119 cm³/mol. The lowest BCUT2D eigenvalue weighted by atomic mass is 9.73. The Bertz CT molecular complexity index is 1120. The van der Waals surface area contributed by atoms with Crippen LogP contribution in [-0.4, -0.2) is 50.2 Å². The van der Waals surface area contributed by atoms with Crippen LogP contribution in [0, 0.1) is 36.5 Å². The number of hydrogen-bond acceptors (Lipinski definition) is 5. The van der Waals surface area contributed by atoms with Crippen molar-refractivity contribution < 1.29 is 27.1 Å². The number of rotatable bonds is 5. The fourth-order valence-corrected chi connectivity index (χ4v) is 5.29. The molecule has 4 rings (SSSR count). The minimum atomic E-state index is -4.60. The average Bonchev–Trinajstić information content (AvgIpc) is 3.35. The van der Waals surface area contributed by atoms with Gasteiger partial charge in [0, 0.05) is 49.8 Å². The molecule has 2 aliphatic heterocycles. The molecule has 0 radical (unpaired) electrons. The van der Waals surface area contributed by atoms with E-state index in [1.54, 1.807) is 32.0 Å². The zero-order chi connectivity index (χ0) is 24.7. The lowest BCUT2D eigenvalue weighted by molar-refractivity contribution is -0.137. The number of ether oxygens (including phenoxy) is 1. The van der Waals surface area contributed by atoms with E-state index in [1.165, 1.54) is 6.07 Å². The van der Waals surface area contributed by atoms with Crippen molar-refractivity contribution in [3.05, 3.63) is 52.5 Å². The van der Waals surface area contributed by atoms with Gasteiger partial charge in [0.1, 0.15) is 11.5 Å². The van der Waals surface area contributed by atoms with E-state index in [1.807, 2.05) is 16.7 Å². The summed E-state index contributed by atoms with van der Waals surface area (Å²) in [5, 5.41) is 9.10. The molecular formula is C25H28F3N3O3. The molecule has 2 aromatic rings. The molecule has 0 aliphatic carbocycles. The molecule has 2 unspecified atom stereocenters. The Hall–Kier alpha value is -2.99. The quantitative estimate of drug-likeness (QED) is 0.622. The summed E-state index contributed by atoms with van der Waals surface area (Å²) in [5.41, 5.74) is -0.590. The van der Waals surface area contributed by atoms with Crippen molar-refractivity contribution in [3.63, 3.8) is 0 Å². The van der Waals surface area contributed by atoms with Crippen LogP contribution in [0.5, 0.6) is 0 Å². The summed E-state index contributed by atoms with van der Waals surface area (Å²) < 4.78 is 51.8. The topological polar surface area (TPSA) is 69.7 Å². The third-order valence-corrected chi connectivity index (χ3v) is 7.08. The van der Waals surface area contributed by atoms with Crippen LogP contribution in [0.1, 0.15) is 46.3 Å². The van der Waals surface area contributed by atoms with Gasteiger partial charge in [-0.05, 0) is 51.5 Å². The second-order valence-corrected chi connectivity index (χ2v) is 9.24.